The predicted octanol–water partition coefficient (Wildman–Crippen LogP) is 3.86. The molecule has 2 rings (SSSR count). The summed E-state index contributed by atoms with van der Waals surface area (Å²) in [7, 11) is 0. The van der Waals surface area contributed by atoms with Gasteiger partial charge in [0.1, 0.15) is 5.92 Å². The van der Waals surface area contributed by atoms with Gasteiger partial charge in [0.2, 0.25) is 0 Å². The molecule has 2 heterocycles. The van der Waals surface area contributed by atoms with Crippen molar-refractivity contribution < 1.29 is 4.79 Å². The quantitative estimate of drug-likeness (QED) is 0.784. The van der Waals surface area contributed by atoms with E-state index < -0.39 is 5.92 Å². The molecule has 0 spiro atoms. The summed E-state index contributed by atoms with van der Waals surface area (Å²) < 4.78 is 0. The minimum atomic E-state index is -0.654. The van der Waals surface area contributed by atoms with E-state index in [4.69, 9.17) is 0 Å². The fraction of sp³-hybridized carbons (Fsp3) is 0.231. The molecular weight excluding hydrogens is 250 g/mol. The first-order chi connectivity index (χ1) is 8.27. The number of carbonyl (C=O) groups excluding carboxylic acids is 1. The normalized spacial score (nSPS) is 12.0. The van der Waals surface area contributed by atoms with Crippen molar-refractivity contribution >= 4 is 28.5 Å². The van der Waals surface area contributed by atoms with Crippen molar-refractivity contribution in [1.82, 2.24) is 0 Å². The molecule has 0 saturated heterocycles. The maximum absolute atomic E-state index is 12.3. The second kappa shape index (κ2) is 5.26. The van der Waals surface area contributed by atoms with Crippen molar-refractivity contribution in [2.45, 2.75) is 19.3 Å². The summed E-state index contributed by atoms with van der Waals surface area (Å²) in [4.78, 5) is 13.9. The molecule has 17 heavy (non-hydrogen) atoms. The van der Waals surface area contributed by atoms with Crippen LogP contribution >= 0.6 is 22.7 Å². The summed E-state index contributed by atoms with van der Waals surface area (Å²) in [6.07, 6.45) is 0.827. The number of Topliss-reactive ketones (excluding diaryl/α,β-unsaturated/α-hetero) is 1. The molecule has 4 heteroatoms. The topological polar surface area (TPSA) is 40.9 Å². The van der Waals surface area contributed by atoms with Crippen LogP contribution in [0, 0.1) is 11.3 Å². The van der Waals surface area contributed by atoms with Gasteiger partial charge in [0.05, 0.1) is 10.9 Å². The highest BCUT2D eigenvalue weighted by molar-refractivity contribution is 7.12. The zero-order valence-corrected chi connectivity index (χ0v) is 11.0. The number of hydrogen-bond acceptors (Lipinski definition) is 4. The lowest BCUT2D eigenvalue weighted by atomic mass is 10.00. The number of ketones is 1. The van der Waals surface area contributed by atoms with Gasteiger partial charge in [-0.25, -0.2) is 0 Å². The van der Waals surface area contributed by atoms with Crippen molar-refractivity contribution in [3.8, 4) is 6.07 Å². The number of thiophene rings is 2. The van der Waals surface area contributed by atoms with E-state index in [2.05, 4.69) is 6.07 Å². The average molecular weight is 261 g/mol. The summed E-state index contributed by atoms with van der Waals surface area (Å²) >= 11 is 2.88. The number of nitrogens with zero attached hydrogens (tertiary/aromatic N) is 1. The van der Waals surface area contributed by atoms with Gasteiger partial charge >= 0.3 is 0 Å². The van der Waals surface area contributed by atoms with Crippen LogP contribution in [-0.4, -0.2) is 5.78 Å². The molecule has 0 amide bonds. The molecule has 0 radical (unpaired) electrons. The third-order valence-electron chi connectivity index (χ3n) is 2.57. The maximum atomic E-state index is 12.3. The van der Waals surface area contributed by atoms with Gasteiger partial charge in [0.25, 0.3) is 0 Å². The van der Waals surface area contributed by atoms with E-state index in [0.717, 1.165) is 21.7 Å². The first-order valence-electron chi connectivity index (χ1n) is 5.31. The smallest absolute Gasteiger partial charge is 0.195 e. The van der Waals surface area contributed by atoms with Crippen LogP contribution in [0.2, 0.25) is 0 Å². The molecule has 0 N–H and O–H groups in total. The number of carbonyl (C=O) groups is 1. The van der Waals surface area contributed by atoms with Gasteiger partial charge in [-0.15, -0.1) is 22.7 Å². The van der Waals surface area contributed by atoms with Crippen LogP contribution in [0.3, 0.4) is 0 Å². The Morgan fingerprint density at radius 2 is 2.24 bits per heavy atom. The fourth-order valence-electron chi connectivity index (χ4n) is 1.67. The van der Waals surface area contributed by atoms with Gasteiger partial charge in [-0.2, -0.15) is 5.26 Å². The van der Waals surface area contributed by atoms with Crippen molar-refractivity contribution in [1.29, 1.82) is 5.26 Å². The van der Waals surface area contributed by atoms with Gasteiger partial charge in [0.15, 0.2) is 5.78 Å². The zero-order chi connectivity index (χ0) is 12.3. The van der Waals surface area contributed by atoms with Crippen LogP contribution in [0.25, 0.3) is 0 Å². The average Bonchev–Trinajstić information content (AvgIpc) is 3.00. The molecule has 0 aliphatic rings. The minimum absolute atomic E-state index is 0.0678. The summed E-state index contributed by atoms with van der Waals surface area (Å²) in [5.41, 5.74) is 1.04. The Kier molecular flexibility index (Phi) is 3.72. The molecule has 0 bridgehead atoms. The van der Waals surface area contributed by atoms with E-state index in [1.807, 2.05) is 35.9 Å². The molecule has 0 aliphatic heterocycles. The first-order valence-corrected chi connectivity index (χ1v) is 7.07. The highest BCUT2D eigenvalue weighted by atomic mass is 32.1. The van der Waals surface area contributed by atoms with Gasteiger partial charge in [0, 0.05) is 4.88 Å². The van der Waals surface area contributed by atoms with E-state index in [1.54, 1.807) is 0 Å². The summed E-state index contributed by atoms with van der Waals surface area (Å²) in [6.45, 7) is 2.02. The molecule has 86 valence electrons. The number of hydrogen-bond donors (Lipinski definition) is 0. The standard InChI is InChI=1S/C13H11NOS2/c1-2-9-5-7-17-13(9)12(15)10(8-14)11-4-3-6-16-11/h3-7,10H,2H2,1H3. The third-order valence-corrected chi connectivity index (χ3v) is 4.48. The Labute approximate surface area is 108 Å². The lowest BCUT2D eigenvalue weighted by molar-refractivity contribution is 0.0983. The monoisotopic (exact) mass is 261 g/mol. The van der Waals surface area contributed by atoms with Crippen LogP contribution in [0.5, 0.6) is 0 Å². The van der Waals surface area contributed by atoms with E-state index in [0.29, 0.717) is 0 Å². The minimum Gasteiger partial charge on any atom is -0.291 e. The number of aryl methyl sites for hydroxylation is 1. The Balaban J connectivity index is 2.34. The second-order valence-electron chi connectivity index (χ2n) is 3.57. The number of nitriles is 1. The van der Waals surface area contributed by atoms with Crippen LogP contribution < -0.4 is 0 Å². The van der Waals surface area contributed by atoms with Crippen molar-refractivity contribution in [2.24, 2.45) is 0 Å². The molecule has 0 saturated carbocycles. The Morgan fingerprint density at radius 3 is 2.82 bits per heavy atom. The van der Waals surface area contributed by atoms with E-state index in [1.165, 1.54) is 22.7 Å². The maximum Gasteiger partial charge on any atom is 0.195 e. The van der Waals surface area contributed by atoms with Gasteiger partial charge in [-0.1, -0.05) is 13.0 Å². The van der Waals surface area contributed by atoms with E-state index in [-0.39, 0.29) is 5.78 Å². The Morgan fingerprint density at radius 1 is 1.41 bits per heavy atom. The number of rotatable bonds is 4. The molecular formula is C13H11NOS2. The third kappa shape index (κ3) is 2.31. The van der Waals surface area contributed by atoms with Crippen molar-refractivity contribution in [2.75, 3.05) is 0 Å². The van der Waals surface area contributed by atoms with E-state index in [9.17, 15) is 10.1 Å². The fourth-order valence-corrected chi connectivity index (χ4v) is 3.40. The van der Waals surface area contributed by atoms with Gasteiger partial charge in [-0.05, 0) is 34.9 Å². The van der Waals surface area contributed by atoms with Crippen molar-refractivity contribution in [3.63, 3.8) is 0 Å². The van der Waals surface area contributed by atoms with Crippen LogP contribution in [0.4, 0.5) is 0 Å². The highest BCUT2D eigenvalue weighted by Gasteiger charge is 2.25. The van der Waals surface area contributed by atoms with Gasteiger partial charge in [-0.3, -0.25) is 4.79 Å². The first kappa shape index (κ1) is 12.0. The SMILES string of the molecule is CCc1ccsc1C(=O)C(C#N)c1cccs1. The summed E-state index contributed by atoms with van der Waals surface area (Å²) in [6, 6.07) is 7.78. The molecule has 2 aromatic heterocycles. The Bertz CT molecular complexity index is 548. The van der Waals surface area contributed by atoms with Crippen LogP contribution in [0.15, 0.2) is 29.0 Å². The molecule has 0 fully saturated rings. The largest absolute Gasteiger partial charge is 0.291 e. The molecule has 0 aliphatic carbocycles. The zero-order valence-electron chi connectivity index (χ0n) is 9.34. The van der Waals surface area contributed by atoms with Gasteiger partial charge < -0.3 is 0 Å². The van der Waals surface area contributed by atoms with Crippen molar-refractivity contribution in [3.05, 3.63) is 44.3 Å². The van der Waals surface area contributed by atoms with Crippen LogP contribution in [-0.2, 0) is 6.42 Å². The molecule has 2 nitrogen and oxygen atoms in total. The lowest BCUT2D eigenvalue weighted by Crippen LogP contribution is -2.10. The highest BCUT2D eigenvalue weighted by Crippen LogP contribution is 2.28. The van der Waals surface area contributed by atoms with E-state index >= 15 is 0 Å². The molecule has 2 aromatic rings. The van der Waals surface area contributed by atoms with Crippen LogP contribution in [0.1, 0.15) is 33.0 Å². The summed E-state index contributed by atoms with van der Waals surface area (Å²) in [5.74, 6) is -0.722. The second-order valence-corrected chi connectivity index (χ2v) is 5.47. The molecule has 0 aromatic carbocycles. The predicted molar refractivity (Wildman–Crippen MR) is 70.7 cm³/mol. The summed E-state index contributed by atoms with van der Waals surface area (Å²) in [5, 5.41) is 13.0. The lowest BCUT2D eigenvalue weighted by Gasteiger charge is -2.05. The Hall–Kier alpha value is -1.44. The molecule has 1 atom stereocenters. The molecule has 1 unspecified atom stereocenters.